The first-order chi connectivity index (χ1) is 10.5. The summed E-state index contributed by atoms with van der Waals surface area (Å²) in [7, 11) is 0. The highest BCUT2D eigenvalue weighted by Gasteiger charge is 2.61. The Kier molecular flexibility index (Phi) is 3.32. The van der Waals surface area contributed by atoms with Gasteiger partial charge in [0, 0.05) is 10.8 Å². The number of allylic oxidation sites excluding steroid dienone is 1. The van der Waals surface area contributed by atoms with Crippen molar-refractivity contribution in [1.82, 2.24) is 0 Å². The average Bonchev–Trinajstić information content (AvgIpc) is 2.78. The zero-order chi connectivity index (χ0) is 15.5. The third-order valence-electron chi connectivity index (χ3n) is 7.77. The standard InChI is InChI=1S/C19H28O3/c1-18-9-7-14-13(15(18)10-16(21)17(18)22)6-5-12-4-2-3-8-19(12,14)11-20/h4,13-16,20-21H,2-3,5-11H2,1H3/t13-,14+,15+,16-,18+,19-/m1/s1. The fourth-order valence-corrected chi connectivity index (χ4v) is 6.62. The van der Waals surface area contributed by atoms with Gasteiger partial charge < -0.3 is 10.2 Å². The van der Waals surface area contributed by atoms with E-state index >= 15 is 0 Å². The predicted octanol–water partition coefficient (Wildman–Crippen LogP) is 2.85. The summed E-state index contributed by atoms with van der Waals surface area (Å²) < 4.78 is 0. The molecule has 0 aromatic rings. The fourth-order valence-electron chi connectivity index (χ4n) is 6.62. The number of carbonyl (C=O) groups is 1. The second-order valence-electron chi connectivity index (χ2n) is 8.42. The first kappa shape index (κ1) is 14.9. The second kappa shape index (κ2) is 4.91. The van der Waals surface area contributed by atoms with Crippen LogP contribution >= 0.6 is 0 Å². The Morgan fingerprint density at radius 2 is 2.09 bits per heavy atom. The van der Waals surface area contributed by atoms with Crippen molar-refractivity contribution in [2.75, 3.05) is 6.61 Å². The number of carbonyl (C=O) groups excluding carboxylic acids is 1. The summed E-state index contributed by atoms with van der Waals surface area (Å²) in [6, 6.07) is 0. The van der Waals surface area contributed by atoms with Crippen LogP contribution in [0.4, 0.5) is 0 Å². The number of ketones is 1. The van der Waals surface area contributed by atoms with Crippen LogP contribution in [-0.2, 0) is 4.79 Å². The van der Waals surface area contributed by atoms with Crippen molar-refractivity contribution in [3.05, 3.63) is 11.6 Å². The number of aliphatic hydroxyl groups is 2. The van der Waals surface area contributed by atoms with Gasteiger partial charge in [-0.1, -0.05) is 18.6 Å². The SMILES string of the molecule is C[C@]12CC[C@H]3[C@@H](CCC4=CCCC[C@@]43CO)[C@@H]1C[C@@H](O)C2=O. The quantitative estimate of drug-likeness (QED) is 0.732. The summed E-state index contributed by atoms with van der Waals surface area (Å²) >= 11 is 0. The van der Waals surface area contributed by atoms with Gasteiger partial charge in [0.25, 0.3) is 0 Å². The van der Waals surface area contributed by atoms with Gasteiger partial charge in [-0.15, -0.1) is 0 Å². The van der Waals surface area contributed by atoms with E-state index in [2.05, 4.69) is 13.0 Å². The molecule has 3 nitrogen and oxygen atoms in total. The van der Waals surface area contributed by atoms with Gasteiger partial charge in [-0.2, -0.15) is 0 Å². The molecule has 0 radical (unpaired) electrons. The van der Waals surface area contributed by atoms with Crippen molar-refractivity contribution in [3.63, 3.8) is 0 Å². The first-order valence-electron chi connectivity index (χ1n) is 9.06. The van der Waals surface area contributed by atoms with Crippen molar-refractivity contribution in [1.29, 1.82) is 0 Å². The summed E-state index contributed by atoms with van der Waals surface area (Å²) in [5, 5.41) is 20.4. The summed E-state index contributed by atoms with van der Waals surface area (Å²) in [5.74, 6) is 1.41. The van der Waals surface area contributed by atoms with Crippen LogP contribution in [0.5, 0.6) is 0 Å². The van der Waals surface area contributed by atoms with Crippen LogP contribution in [0.1, 0.15) is 58.3 Å². The first-order valence-corrected chi connectivity index (χ1v) is 9.06. The number of fused-ring (bicyclic) bond motifs is 5. The lowest BCUT2D eigenvalue weighted by atomic mass is 9.47. The number of Topliss-reactive ketones (excluding diaryl/α,β-unsaturated/α-hetero) is 1. The molecular weight excluding hydrogens is 276 g/mol. The van der Waals surface area contributed by atoms with E-state index < -0.39 is 6.10 Å². The third kappa shape index (κ3) is 1.73. The Hall–Kier alpha value is -0.670. The lowest BCUT2D eigenvalue weighted by Crippen LogP contribution is -2.52. The number of hydrogen-bond acceptors (Lipinski definition) is 3. The molecule has 6 atom stereocenters. The van der Waals surface area contributed by atoms with E-state index in [4.69, 9.17) is 0 Å². The van der Waals surface area contributed by atoms with E-state index in [1.165, 1.54) is 12.0 Å². The highest BCUT2D eigenvalue weighted by atomic mass is 16.3. The van der Waals surface area contributed by atoms with E-state index in [1.807, 2.05) is 0 Å². The number of hydrogen-bond donors (Lipinski definition) is 2. The molecule has 4 aliphatic carbocycles. The third-order valence-corrected chi connectivity index (χ3v) is 7.77. The Bertz CT molecular complexity index is 525. The molecule has 22 heavy (non-hydrogen) atoms. The predicted molar refractivity (Wildman–Crippen MR) is 84.1 cm³/mol. The van der Waals surface area contributed by atoms with Gasteiger partial charge in [0.1, 0.15) is 6.10 Å². The maximum atomic E-state index is 12.5. The zero-order valence-electron chi connectivity index (χ0n) is 13.6. The van der Waals surface area contributed by atoms with E-state index in [9.17, 15) is 15.0 Å². The monoisotopic (exact) mass is 304 g/mol. The van der Waals surface area contributed by atoms with Gasteiger partial charge in [0.05, 0.1) is 6.61 Å². The van der Waals surface area contributed by atoms with Crippen molar-refractivity contribution in [3.8, 4) is 0 Å². The van der Waals surface area contributed by atoms with Crippen LogP contribution in [0, 0.1) is 28.6 Å². The van der Waals surface area contributed by atoms with Gasteiger partial charge in [0.2, 0.25) is 0 Å². The summed E-state index contributed by atoms with van der Waals surface area (Å²) in [4.78, 5) is 12.5. The van der Waals surface area contributed by atoms with E-state index in [1.54, 1.807) is 0 Å². The van der Waals surface area contributed by atoms with E-state index in [0.717, 1.165) is 38.5 Å². The van der Waals surface area contributed by atoms with E-state index in [0.29, 0.717) is 24.2 Å². The molecule has 0 bridgehead atoms. The molecule has 0 heterocycles. The largest absolute Gasteiger partial charge is 0.395 e. The number of rotatable bonds is 1. The van der Waals surface area contributed by atoms with Gasteiger partial charge in [-0.3, -0.25) is 4.79 Å². The molecule has 0 amide bonds. The van der Waals surface area contributed by atoms with Crippen molar-refractivity contribution in [2.24, 2.45) is 28.6 Å². The Balaban J connectivity index is 1.72. The maximum Gasteiger partial charge on any atom is 0.167 e. The summed E-state index contributed by atoms with van der Waals surface area (Å²) in [5.41, 5.74) is 1.17. The normalized spacial score (nSPS) is 50.9. The Morgan fingerprint density at radius 3 is 2.86 bits per heavy atom. The molecule has 4 aliphatic rings. The van der Waals surface area contributed by atoms with Crippen LogP contribution < -0.4 is 0 Å². The average molecular weight is 304 g/mol. The molecule has 4 rings (SSSR count). The molecule has 3 saturated carbocycles. The van der Waals surface area contributed by atoms with Gasteiger partial charge in [0.15, 0.2) is 5.78 Å². The molecule has 0 unspecified atom stereocenters. The van der Waals surface area contributed by atoms with Crippen LogP contribution in [0.15, 0.2) is 11.6 Å². The molecule has 3 heteroatoms. The van der Waals surface area contributed by atoms with Crippen LogP contribution in [-0.4, -0.2) is 28.7 Å². The minimum absolute atomic E-state index is 0.0148. The minimum Gasteiger partial charge on any atom is -0.395 e. The smallest absolute Gasteiger partial charge is 0.167 e. The Labute approximate surface area is 132 Å². The van der Waals surface area contributed by atoms with Crippen LogP contribution in [0.3, 0.4) is 0 Å². The molecule has 0 spiro atoms. The lowest BCUT2D eigenvalue weighted by molar-refractivity contribution is -0.137. The highest BCUT2D eigenvalue weighted by Crippen LogP contribution is 2.64. The zero-order valence-corrected chi connectivity index (χ0v) is 13.6. The molecule has 2 N–H and O–H groups in total. The lowest BCUT2D eigenvalue weighted by Gasteiger charge is -2.57. The molecule has 0 aromatic carbocycles. The fraction of sp³-hybridized carbons (Fsp3) is 0.842. The van der Waals surface area contributed by atoms with Crippen LogP contribution in [0.25, 0.3) is 0 Å². The molecule has 0 saturated heterocycles. The maximum absolute atomic E-state index is 12.5. The van der Waals surface area contributed by atoms with Crippen molar-refractivity contribution in [2.45, 2.75) is 64.4 Å². The molecule has 0 aliphatic heterocycles. The topological polar surface area (TPSA) is 57.5 Å². The second-order valence-corrected chi connectivity index (χ2v) is 8.42. The van der Waals surface area contributed by atoms with Gasteiger partial charge >= 0.3 is 0 Å². The van der Waals surface area contributed by atoms with Crippen LogP contribution in [0.2, 0.25) is 0 Å². The highest BCUT2D eigenvalue weighted by molar-refractivity contribution is 5.91. The molecule has 122 valence electrons. The summed E-state index contributed by atoms with van der Waals surface area (Å²) in [6.07, 6.45) is 9.88. The van der Waals surface area contributed by atoms with Gasteiger partial charge in [-0.05, 0) is 69.1 Å². The van der Waals surface area contributed by atoms with E-state index in [-0.39, 0.29) is 23.2 Å². The Morgan fingerprint density at radius 1 is 1.27 bits per heavy atom. The molecule has 3 fully saturated rings. The molecule has 0 aromatic heterocycles. The van der Waals surface area contributed by atoms with Gasteiger partial charge in [-0.25, -0.2) is 0 Å². The molecular formula is C19H28O3. The van der Waals surface area contributed by atoms with Crippen molar-refractivity contribution < 1.29 is 15.0 Å². The minimum atomic E-state index is -0.748. The van der Waals surface area contributed by atoms with Crippen molar-refractivity contribution >= 4 is 5.78 Å². The summed E-state index contributed by atoms with van der Waals surface area (Å²) in [6.45, 7) is 2.35. The number of aliphatic hydroxyl groups excluding tert-OH is 2.